The molecule has 1 aromatic rings. The monoisotopic (exact) mass is 292 g/mol. The van der Waals surface area contributed by atoms with E-state index in [1.165, 1.54) is 0 Å². The number of piperazine rings is 4. The van der Waals surface area contributed by atoms with E-state index < -0.39 is 0 Å². The second-order valence-electron chi connectivity index (χ2n) is 5.90. The highest BCUT2D eigenvalue weighted by atomic mass is 16.5. The SMILES string of the molecule is O=C1NCCNC1Cc1nc(C2CN3CCN2CC3)no1. The Morgan fingerprint density at radius 3 is 2.81 bits per heavy atom. The largest absolute Gasteiger partial charge is 0.353 e. The van der Waals surface area contributed by atoms with Gasteiger partial charge in [-0.25, -0.2) is 0 Å². The summed E-state index contributed by atoms with van der Waals surface area (Å²) < 4.78 is 5.35. The van der Waals surface area contributed by atoms with Gasteiger partial charge in [-0.05, 0) is 0 Å². The summed E-state index contributed by atoms with van der Waals surface area (Å²) in [6.45, 7) is 6.84. The minimum Gasteiger partial charge on any atom is -0.353 e. The van der Waals surface area contributed by atoms with Crippen molar-refractivity contribution in [2.75, 3.05) is 45.8 Å². The van der Waals surface area contributed by atoms with Gasteiger partial charge in [0.05, 0.1) is 18.5 Å². The van der Waals surface area contributed by atoms with Gasteiger partial charge in [-0.2, -0.15) is 4.98 Å². The molecule has 8 nitrogen and oxygen atoms in total. The first-order chi connectivity index (χ1) is 10.3. The summed E-state index contributed by atoms with van der Waals surface area (Å²) in [7, 11) is 0. The van der Waals surface area contributed by atoms with Crippen LogP contribution in [0.5, 0.6) is 0 Å². The van der Waals surface area contributed by atoms with Gasteiger partial charge in [0.2, 0.25) is 11.8 Å². The fourth-order valence-electron chi connectivity index (χ4n) is 3.34. The Hall–Kier alpha value is -1.51. The van der Waals surface area contributed by atoms with Gasteiger partial charge in [-0.15, -0.1) is 0 Å². The molecule has 1 amide bonds. The highest BCUT2D eigenvalue weighted by molar-refractivity contribution is 5.82. The van der Waals surface area contributed by atoms with Gasteiger partial charge in [0.15, 0.2) is 5.82 Å². The van der Waals surface area contributed by atoms with E-state index in [4.69, 9.17) is 4.52 Å². The highest BCUT2D eigenvalue weighted by Crippen LogP contribution is 2.26. The summed E-state index contributed by atoms with van der Waals surface area (Å²) in [6.07, 6.45) is 0.454. The maximum atomic E-state index is 11.7. The number of rotatable bonds is 3. The first-order valence-electron chi connectivity index (χ1n) is 7.59. The molecule has 8 heteroatoms. The minimum absolute atomic E-state index is 0.00702. The minimum atomic E-state index is -0.265. The Morgan fingerprint density at radius 2 is 2.10 bits per heavy atom. The van der Waals surface area contributed by atoms with Gasteiger partial charge in [0, 0.05) is 45.8 Å². The summed E-state index contributed by atoms with van der Waals surface area (Å²) in [5.41, 5.74) is 0. The third-order valence-electron chi connectivity index (χ3n) is 4.57. The topological polar surface area (TPSA) is 86.5 Å². The van der Waals surface area contributed by atoms with Crippen LogP contribution in [0.2, 0.25) is 0 Å². The molecule has 0 saturated carbocycles. The molecule has 0 aliphatic carbocycles. The molecule has 21 heavy (non-hydrogen) atoms. The van der Waals surface area contributed by atoms with Crippen molar-refractivity contribution < 1.29 is 9.32 Å². The molecular weight excluding hydrogens is 272 g/mol. The molecule has 4 saturated heterocycles. The van der Waals surface area contributed by atoms with E-state index in [-0.39, 0.29) is 18.0 Å². The molecule has 0 radical (unpaired) electrons. The molecule has 2 bridgehead atoms. The Balaban J connectivity index is 1.44. The van der Waals surface area contributed by atoms with E-state index in [9.17, 15) is 4.79 Å². The van der Waals surface area contributed by atoms with Gasteiger partial charge in [0.1, 0.15) is 0 Å². The maximum Gasteiger partial charge on any atom is 0.237 e. The van der Waals surface area contributed by atoms with Crippen LogP contribution in [0.1, 0.15) is 17.8 Å². The molecule has 5 heterocycles. The molecule has 4 aliphatic rings. The number of nitrogens with zero attached hydrogens (tertiary/aromatic N) is 4. The number of carbonyl (C=O) groups excluding carboxylic acids is 1. The lowest BCUT2D eigenvalue weighted by molar-refractivity contribution is -0.124. The van der Waals surface area contributed by atoms with Crippen LogP contribution in [0.4, 0.5) is 0 Å². The van der Waals surface area contributed by atoms with Crippen molar-refractivity contribution in [3.05, 3.63) is 11.7 Å². The van der Waals surface area contributed by atoms with Crippen molar-refractivity contribution in [3.63, 3.8) is 0 Å². The van der Waals surface area contributed by atoms with Crippen LogP contribution in [0.3, 0.4) is 0 Å². The number of amides is 1. The Labute approximate surface area is 122 Å². The van der Waals surface area contributed by atoms with Crippen LogP contribution in [0.15, 0.2) is 4.52 Å². The van der Waals surface area contributed by atoms with Crippen LogP contribution in [0, 0.1) is 0 Å². The summed E-state index contributed by atoms with van der Waals surface area (Å²) >= 11 is 0. The molecular formula is C13H20N6O2. The lowest BCUT2D eigenvalue weighted by Crippen LogP contribution is -2.57. The highest BCUT2D eigenvalue weighted by Gasteiger charge is 2.36. The predicted octanol–water partition coefficient (Wildman–Crippen LogP) is -1.63. The molecule has 0 spiro atoms. The van der Waals surface area contributed by atoms with Crippen LogP contribution < -0.4 is 10.6 Å². The zero-order chi connectivity index (χ0) is 14.2. The molecule has 4 fully saturated rings. The van der Waals surface area contributed by atoms with E-state index in [0.717, 1.165) is 45.1 Å². The second kappa shape index (κ2) is 5.36. The van der Waals surface area contributed by atoms with Gasteiger partial charge in [-0.1, -0.05) is 5.16 Å². The first kappa shape index (κ1) is 13.2. The Kier molecular flexibility index (Phi) is 3.36. The van der Waals surface area contributed by atoms with Crippen molar-refractivity contribution in [2.24, 2.45) is 0 Å². The normalized spacial score (nSPS) is 35.7. The molecule has 2 atom stereocenters. The lowest BCUT2D eigenvalue weighted by atomic mass is 10.1. The molecule has 0 aromatic carbocycles. The molecule has 2 unspecified atom stereocenters. The van der Waals surface area contributed by atoms with Gasteiger partial charge in [0.25, 0.3) is 0 Å². The Bertz CT molecular complexity index is 524. The summed E-state index contributed by atoms with van der Waals surface area (Å²) in [4.78, 5) is 21.1. The maximum absolute atomic E-state index is 11.7. The Morgan fingerprint density at radius 1 is 1.24 bits per heavy atom. The van der Waals surface area contributed by atoms with Gasteiger partial charge < -0.3 is 15.2 Å². The standard InChI is InChI=1S/C13H20N6O2/c20-13-9(14-1-2-15-13)7-11-16-12(17-21-11)10-8-18-3-5-19(10)6-4-18/h9-10,14H,1-8H2,(H,15,20). The molecule has 5 rings (SSSR count). The average Bonchev–Trinajstić information content (AvgIpc) is 2.99. The molecule has 114 valence electrons. The molecule has 4 aliphatic heterocycles. The molecule has 1 aromatic heterocycles. The van der Waals surface area contributed by atoms with Gasteiger partial charge in [-0.3, -0.25) is 14.6 Å². The van der Waals surface area contributed by atoms with Crippen molar-refractivity contribution in [2.45, 2.75) is 18.5 Å². The van der Waals surface area contributed by atoms with E-state index in [1.54, 1.807) is 0 Å². The summed E-state index contributed by atoms with van der Waals surface area (Å²) in [6, 6.07) is -0.0305. The van der Waals surface area contributed by atoms with E-state index in [2.05, 4.69) is 30.6 Å². The fraction of sp³-hybridized carbons (Fsp3) is 0.769. The van der Waals surface area contributed by atoms with Crippen LogP contribution in [0.25, 0.3) is 0 Å². The molecule has 2 N–H and O–H groups in total. The number of nitrogens with one attached hydrogen (secondary N) is 2. The lowest BCUT2D eigenvalue weighted by Gasteiger charge is -2.46. The predicted molar refractivity (Wildman–Crippen MR) is 73.6 cm³/mol. The van der Waals surface area contributed by atoms with E-state index >= 15 is 0 Å². The van der Waals surface area contributed by atoms with E-state index in [0.29, 0.717) is 18.9 Å². The van der Waals surface area contributed by atoms with Crippen molar-refractivity contribution >= 4 is 5.91 Å². The first-order valence-corrected chi connectivity index (χ1v) is 7.59. The average molecular weight is 292 g/mol. The fourth-order valence-corrected chi connectivity index (χ4v) is 3.34. The number of fused-ring (bicyclic) bond motifs is 3. The quantitative estimate of drug-likeness (QED) is 0.692. The zero-order valence-electron chi connectivity index (χ0n) is 11.9. The number of hydrogen-bond acceptors (Lipinski definition) is 7. The van der Waals surface area contributed by atoms with E-state index in [1.807, 2.05) is 0 Å². The van der Waals surface area contributed by atoms with Crippen molar-refractivity contribution in [1.29, 1.82) is 0 Å². The summed E-state index contributed by atoms with van der Waals surface area (Å²) in [5, 5.41) is 10.1. The third kappa shape index (κ3) is 2.54. The van der Waals surface area contributed by atoms with Crippen LogP contribution in [-0.4, -0.2) is 77.7 Å². The third-order valence-corrected chi connectivity index (χ3v) is 4.57. The van der Waals surface area contributed by atoms with Crippen LogP contribution in [-0.2, 0) is 11.2 Å². The van der Waals surface area contributed by atoms with Crippen molar-refractivity contribution in [1.82, 2.24) is 30.6 Å². The summed E-state index contributed by atoms with van der Waals surface area (Å²) in [5.74, 6) is 1.30. The zero-order valence-corrected chi connectivity index (χ0v) is 11.9. The smallest absolute Gasteiger partial charge is 0.237 e. The number of aromatic nitrogens is 2. The second-order valence-corrected chi connectivity index (χ2v) is 5.90. The van der Waals surface area contributed by atoms with Crippen molar-refractivity contribution in [3.8, 4) is 0 Å². The number of carbonyl (C=O) groups is 1. The van der Waals surface area contributed by atoms with Crippen LogP contribution >= 0.6 is 0 Å². The van der Waals surface area contributed by atoms with Gasteiger partial charge >= 0.3 is 0 Å². The number of hydrogen-bond donors (Lipinski definition) is 2.